The van der Waals surface area contributed by atoms with Gasteiger partial charge in [0.1, 0.15) is 0 Å². The van der Waals surface area contributed by atoms with Crippen LogP contribution in [-0.2, 0) is 4.74 Å². The molecule has 6 heteroatoms. The molecule has 2 N–H and O–H groups in total. The molecule has 0 aromatic rings. The summed E-state index contributed by atoms with van der Waals surface area (Å²) in [5.41, 5.74) is 0. The molecule has 64 valence electrons. The number of nitrogens with zero attached hydrogens (tertiary/aromatic N) is 1. The Bertz CT molecular complexity index is 95.8. The number of methoxy groups -OCH3 is 1. The van der Waals surface area contributed by atoms with Gasteiger partial charge in [0.2, 0.25) is 0 Å². The maximum atomic E-state index is 8.81. The zero-order chi connectivity index (χ0) is 8.69. The van der Waals surface area contributed by atoms with Crippen molar-refractivity contribution >= 4 is 16.4 Å². The SMILES string of the molecule is [B]CCN(CCOC)P(O)O. The van der Waals surface area contributed by atoms with Crippen LogP contribution in [-0.4, -0.2) is 49.1 Å². The van der Waals surface area contributed by atoms with E-state index in [1.165, 1.54) is 4.67 Å². The standard InChI is InChI=1S/C5H13BNO3P/c1-10-5-4-7(3-2-6)11(8)9/h8-9H,2-5H2,1H3. The lowest BCUT2D eigenvalue weighted by Gasteiger charge is -2.20. The molecule has 4 nitrogen and oxygen atoms in total. The molecule has 0 amide bonds. The lowest BCUT2D eigenvalue weighted by Crippen LogP contribution is -2.23. The third-order valence-corrected chi connectivity index (χ3v) is 2.10. The average Bonchev–Trinajstić information content (AvgIpc) is 1.97. The highest BCUT2D eigenvalue weighted by Gasteiger charge is 2.11. The summed E-state index contributed by atoms with van der Waals surface area (Å²) in [5, 5.41) is 0. The lowest BCUT2D eigenvalue weighted by molar-refractivity contribution is 0.175. The molecule has 11 heavy (non-hydrogen) atoms. The molecule has 0 atom stereocenters. The zero-order valence-corrected chi connectivity index (χ0v) is 7.50. The maximum Gasteiger partial charge on any atom is 0.253 e. The second-order valence-corrected chi connectivity index (χ2v) is 3.11. The Labute approximate surface area is 69.5 Å². The van der Waals surface area contributed by atoms with Crippen LogP contribution in [0.5, 0.6) is 0 Å². The summed E-state index contributed by atoms with van der Waals surface area (Å²) >= 11 is 0. The predicted octanol–water partition coefficient (Wildman–Crippen LogP) is -0.267. The van der Waals surface area contributed by atoms with Gasteiger partial charge >= 0.3 is 0 Å². The Morgan fingerprint density at radius 3 is 2.45 bits per heavy atom. The van der Waals surface area contributed by atoms with Crippen molar-refractivity contribution in [2.75, 3.05) is 26.8 Å². The van der Waals surface area contributed by atoms with E-state index >= 15 is 0 Å². The average molecular weight is 177 g/mol. The van der Waals surface area contributed by atoms with Crippen LogP contribution in [0.4, 0.5) is 0 Å². The molecule has 0 bridgehead atoms. The molecular formula is C5H13BNO3P. The molecule has 0 aromatic carbocycles. The fraction of sp³-hybridized carbons (Fsp3) is 1.00. The highest BCUT2D eigenvalue weighted by atomic mass is 31.2. The maximum absolute atomic E-state index is 8.81. The van der Waals surface area contributed by atoms with Crippen molar-refractivity contribution in [2.45, 2.75) is 6.32 Å². The highest BCUT2D eigenvalue weighted by molar-refractivity contribution is 7.42. The van der Waals surface area contributed by atoms with Crippen LogP contribution in [0.25, 0.3) is 0 Å². The molecule has 0 aliphatic rings. The molecule has 0 aliphatic heterocycles. The lowest BCUT2D eigenvalue weighted by atomic mass is 10.1. The second-order valence-electron chi connectivity index (χ2n) is 2.00. The fourth-order valence-electron chi connectivity index (χ4n) is 0.636. The summed E-state index contributed by atoms with van der Waals surface area (Å²) in [6.07, 6.45) is 0.420. The van der Waals surface area contributed by atoms with Gasteiger partial charge in [0.05, 0.1) is 14.5 Å². The van der Waals surface area contributed by atoms with Crippen molar-refractivity contribution in [1.82, 2.24) is 4.67 Å². The molecule has 0 spiro atoms. The Morgan fingerprint density at radius 2 is 2.09 bits per heavy atom. The van der Waals surface area contributed by atoms with Gasteiger partial charge in [0.15, 0.2) is 0 Å². The van der Waals surface area contributed by atoms with Crippen molar-refractivity contribution in [1.29, 1.82) is 0 Å². The quantitative estimate of drug-likeness (QED) is 0.433. The van der Waals surface area contributed by atoms with Crippen molar-refractivity contribution in [2.24, 2.45) is 0 Å². The molecule has 0 unspecified atom stereocenters. The zero-order valence-electron chi connectivity index (χ0n) is 6.60. The fourth-order valence-corrected chi connectivity index (χ4v) is 1.19. The molecule has 0 saturated carbocycles. The van der Waals surface area contributed by atoms with Gasteiger partial charge in [-0.3, -0.25) is 0 Å². The van der Waals surface area contributed by atoms with E-state index in [9.17, 15) is 0 Å². The molecule has 0 aromatic heterocycles. The number of hydrogen-bond donors (Lipinski definition) is 2. The van der Waals surface area contributed by atoms with E-state index in [0.717, 1.165) is 0 Å². The summed E-state index contributed by atoms with van der Waals surface area (Å²) in [6.45, 7) is 1.48. The summed E-state index contributed by atoms with van der Waals surface area (Å²) in [7, 11) is 4.80. The Morgan fingerprint density at radius 1 is 1.45 bits per heavy atom. The van der Waals surface area contributed by atoms with Crippen LogP contribution >= 0.6 is 8.53 Å². The van der Waals surface area contributed by atoms with E-state index in [1.54, 1.807) is 7.11 Å². The first-order valence-corrected chi connectivity index (χ1v) is 4.54. The van der Waals surface area contributed by atoms with E-state index in [-0.39, 0.29) is 0 Å². The first-order valence-electron chi connectivity index (χ1n) is 3.34. The van der Waals surface area contributed by atoms with Crippen LogP contribution in [0.2, 0.25) is 6.32 Å². The minimum absolute atomic E-state index is 0.420. The van der Waals surface area contributed by atoms with Crippen molar-refractivity contribution in [3.8, 4) is 0 Å². The third-order valence-electron chi connectivity index (χ3n) is 1.19. The van der Waals surface area contributed by atoms with Gasteiger partial charge < -0.3 is 14.5 Å². The van der Waals surface area contributed by atoms with E-state index < -0.39 is 8.53 Å². The molecular weight excluding hydrogens is 164 g/mol. The van der Waals surface area contributed by atoms with Gasteiger partial charge in [-0.2, -0.15) is 0 Å². The first kappa shape index (κ1) is 11.3. The molecule has 2 radical (unpaired) electrons. The Kier molecular flexibility index (Phi) is 7.22. The molecule has 0 fully saturated rings. The van der Waals surface area contributed by atoms with Crippen LogP contribution in [0.15, 0.2) is 0 Å². The molecule has 0 saturated heterocycles. The summed E-state index contributed by atoms with van der Waals surface area (Å²) in [6, 6.07) is 0. The van der Waals surface area contributed by atoms with Gasteiger partial charge in [0.25, 0.3) is 8.53 Å². The summed E-state index contributed by atoms with van der Waals surface area (Å²) in [5.74, 6) is 0. The summed E-state index contributed by atoms with van der Waals surface area (Å²) < 4.78 is 6.26. The van der Waals surface area contributed by atoms with E-state index in [2.05, 4.69) is 0 Å². The molecule has 0 rings (SSSR count). The van der Waals surface area contributed by atoms with Crippen LogP contribution in [0.3, 0.4) is 0 Å². The Balaban J connectivity index is 3.51. The highest BCUT2D eigenvalue weighted by Crippen LogP contribution is 2.28. The topological polar surface area (TPSA) is 52.9 Å². The first-order chi connectivity index (χ1) is 5.22. The van der Waals surface area contributed by atoms with E-state index in [0.29, 0.717) is 26.0 Å². The molecule has 0 heterocycles. The summed E-state index contributed by atoms with van der Waals surface area (Å²) in [4.78, 5) is 17.6. The van der Waals surface area contributed by atoms with Crippen molar-refractivity contribution in [3.63, 3.8) is 0 Å². The van der Waals surface area contributed by atoms with Gasteiger partial charge in [-0.05, 0) is 6.54 Å². The van der Waals surface area contributed by atoms with E-state index in [4.69, 9.17) is 22.4 Å². The van der Waals surface area contributed by atoms with Crippen LogP contribution in [0, 0.1) is 0 Å². The van der Waals surface area contributed by atoms with Gasteiger partial charge in [-0.1, -0.05) is 6.32 Å². The monoisotopic (exact) mass is 177 g/mol. The minimum atomic E-state index is -2.01. The predicted molar refractivity (Wildman–Crippen MR) is 45.4 cm³/mol. The number of rotatable bonds is 6. The van der Waals surface area contributed by atoms with Crippen LogP contribution in [0.1, 0.15) is 0 Å². The van der Waals surface area contributed by atoms with Gasteiger partial charge in [-0.15, -0.1) is 0 Å². The van der Waals surface area contributed by atoms with E-state index in [1.807, 2.05) is 0 Å². The van der Waals surface area contributed by atoms with Crippen LogP contribution < -0.4 is 0 Å². The van der Waals surface area contributed by atoms with Crippen molar-refractivity contribution < 1.29 is 14.5 Å². The van der Waals surface area contributed by atoms with Gasteiger partial charge in [0, 0.05) is 13.7 Å². The van der Waals surface area contributed by atoms with Crippen molar-refractivity contribution in [3.05, 3.63) is 0 Å². The Hall–Kier alpha value is 0.335. The van der Waals surface area contributed by atoms with Gasteiger partial charge in [-0.25, -0.2) is 4.67 Å². The third kappa shape index (κ3) is 5.59. The molecule has 0 aliphatic carbocycles. The second kappa shape index (κ2) is 7.01. The minimum Gasteiger partial charge on any atom is -0.383 e. The number of hydrogen-bond acceptors (Lipinski definition) is 4. The smallest absolute Gasteiger partial charge is 0.253 e. The number of ether oxygens (including phenoxy) is 1. The normalized spacial score (nSPS) is 11.4. The largest absolute Gasteiger partial charge is 0.383 e.